The van der Waals surface area contributed by atoms with E-state index in [2.05, 4.69) is 10.3 Å². The lowest BCUT2D eigenvalue weighted by Gasteiger charge is -2.16. The largest absolute Gasteiger partial charge is 0.494 e. The summed E-state index contributed by atoms with van der Waals surface area (Å²) in [6, 6.07) is 8.99. The van der Waals surface area contributed by atoms with Gasteiger partial charge in [-0.15, -0.1) is 11.8 Å². The number of nitrogens with zero attached hydrogens (tertiary/aromatic N) is 1. The number of rotatable bonds is 5. The Balaban J connectivity index is 2.21. The molecule has 1 aromatic carbocycles. The van der Waals surface area contributed by atoms with Gasteiger partial charge in [-0.25, -0.2) is 0 Å². The number of methoxy groups -OCH3 is 1. The fourth-order valence-corrected chi connectivity index (χ4v) is 2.81. The van der Waals surface area contributed by atoms with Gasteiger partial charge in [-0.1, -0.05) is 23.7 Å². The lowest BCUT2D eigenvalue weighted by atomic mass is 10.1. The third kappa shape index (κ3) is 3.89. The number of carbonyl (C=O) groups is 1. The maximum absolute atomic E-state index is 12.5. The highest BCUT2D eigenvalue weighted by molar-refractivity contribution is 7.99. The standard InChI is InChI=1S/C15H15ClN2O2S/c1-20-13-6-7-17-9-12(13)18-15(19)14(21-2)10-4-3-5-11(16)8-10/h3-9,14H,1-2H3,(H,18,19). The maximum atomic E-state index is 12.5. The topological polar surface area (TPSA) is 51.2 Å². The smallest absolute Gasteiger partial charge is 0.242 e. The van der Waals surface area contributed by atoms with Crippen molar-refractivity contribution in [2.75, 3.05) is 18.7 Å². The molecule has 2 rings (SSSR count). The SMILES string of the molecule is COc1ccncc1NC(=O)C(SC)c1cccc(Cl)c1. The van der Waals surface area contributed by atoms with Crippen molar-refractivity contribution in [3.05, 3.63) is 53.3 Å². The first-order valence-corrected chi connectivity index (χ1v) is 7.89. The van der Waals surface area contributed by atoms with Crippen LogP contribution in [0.15, 0.2) is 42.7 Å². The van der Waals surface area contributed by atoms with Crippen molar-refractivity contribution in [3.8, 4) is 5.75 Å². The van der Waals surface area contributed by atoms with Gasteiger partial charge in [-0.2, -0.15) is 0 Å². The third-order valence-electron chi connectivity index (χ3n) is 2.88. The Bertz CT molecular complexity index is 637. The number of hydrogen-bond acceptors (Lipinski definition) is 4. The number of benzene rings is 1. The van der Waals surface area contributed by atoms with Gasteiger partial charge in [0.1, 0.15) is 16.7 Å². The van der Waals surface area contributed by atoms with Gasteiger partial charge in [0.25, 0.3) is 0 Å². The second kappa shape index (κ2) is 7.33. The van der Waals surface area contributed by atoms with E-state index in [0.717, 1.165) is 5.56 Å². The molecule has 1 N–H and O–H groups in total. The summed E-state index contributed by atoms with van der Waals surface area (Å²) < 4.78 is 5.20. The van der Waals surface area contributed by atoms with E-state index in [4.69, 9.17) is 16.3 Å². The third-order valence-corrected chi connectivity index (χ3v) is 4.08. The van der Waals surface area contributed by atoms with Crippen LogP contribution in [0.1, 0.15) is 10.8 Å². The van der Waals surface area contributed by atoms with Gasteiger partial charge in [-0.3, -0.25) is 9.78 Å². The highest BCUT2D eigenvalue weighted by Crippen LogP contribution is 2.31. The molecule has 0 aliphatic heterocycles. The summed E-state index contributed by atoms with van der Waals surface area (Å²) >= 11 is 7.43. The fraction of sp³-hybridized carbons (Fsp3) is 0.200. The molecule has 0 bridgehead atoms. The zero-order chi connectivity index (χ0) is 15.2. The molecule has 110 valence electrons. The van der Waals surface area contributed by atoms with E-state index in [9.17, 15) is 4.79 Å². The number of thioether (sulfide) groups is 1. The number of hydrogen-bond donors (Lipinski definition) is 1. The minimum atomic E-state index is -0.353. The van der Waals surface area contributed by atoms with Crippen LogP contribution in [0.25, 0.3) is 0 Å². The van der Waals surface area contributed by atoms with Crippen molar-refractivity contribution in [2.24, 2.45) is 0 Å². The number of nitrogens with one attached hydrogen (secondary N) is 1. The molecule has 2 aromatic rings. The van der Waals surface area contributed by atoms with Crippen LogP contribution in [0.4, 0.5) is 5.69 Å². The Hall–Kier alpha value is -1.72. The Morgan fingerprint density at radius 1 is 1.43 bits per heavy atom. The first kappa shape index (κ1) is 15.7. The lowest BCUT2D eigenvalue weighted by Crippen LogP contribution is -2.19. The minimum Gasteiger partial charge on any atom is -0.494 e. The molecule has 0 radical (unpaired) electrons. The number of pyridine rings is 1. The predicted octanol–water partition coefficient (Wildman–Crippen LogP) is 3.79. The lowest BCUT2D eigenvalue weighted by molar-refractivity contribution is -0.115. The average molecular weight is 323 g/mol. The minimum absolute atomic E-state index is 0.143. The maximum Gasteiger partial charge on any atom is 0.242 e. The van der Waals surface area contributed by atoms with E-state index in [0.29, 0.717) is 16.5 Å². The molecule has 1 aromatic heterocycles. The zero-order valence-electron chi connectivity index (χ0n) is 11.7. The van der Waals surface area contributed by atoms with Crippen LogP contribution in [0.2, 0.25) is 5.02 Å². The van der Waals surface area contributed by atoms with E-state index in [-0.39, 0.29) is 11.2 Å². The van der Waals surface area contributed by atoms with Gasteiger partial charge >= 0.3 is 0 Å². The Morgan fingerprint density at radius 2 is 2.24 bits per heavy atom. The molecule has 0 saturated carbocycles. The molecule has 0 fully saturated rings. The Labute approximate surface area is 132 Å². The van der Waals surface area contributed by atoms with Crippen LogP contribution < -0.4 is 10.1 Å². The molecule has 4 nitrogen and oxygen atoms in total. The van der Waals surface area contributed by atoms with Crippen LogP contribution in [0, 0.1) is 0 Å². The van der Waals surface area contributed by atoms with E-state index in [1.165, 1.54) is 11.8 Å². The average Bonchev–Trinajstić information content (AvgIpc) is 2.48. The molecule has 0 aliphatic carbocycles. The van der Waals surface area contributed by atoms with E-state index >= 15 is 0 Å². The molecule has 0 saturated heterocycles. The second-order valence-electron chi connectivity index (χ2n) is 4.24. The molecule has 1 heterocycles. The number of anilines is 1. The van der Waals surface area contributed by atoms with Crippen molar-refractivity contribution in [2.45, 2.75) is 5.25 Å². The van der Waals surface area contributed by atoms with E-state index in [1.807, 2.05) is 18.4 Å². The summed E-state index contributed by atoms with van der Waals surface area (Å²) in [6.07, 6.45) is 5.05. The van der Waals surface area contributed by atoms with E-state index < -0.39 is 0 Å². The molecular weight excluding hydrogens is 308 g/mol. The van der Waals surface area contributed by atoms with Crippen LogP contribution in [-0.2, 0) is 4.79 Å². The first-order valence-electron chi connectivity index (χ1n) is 6.23. The van der Waals surface area contributed by atoms with E-state index in [1.54, 1.807) is 37.7 Å². The fourth-order valence-electron chi connectivity index (χ4n) is 1.92. The van der Waals surface area contributed by atoms with Gasteiger partial charge < -0.3 is 10.1 Å². The predicted molar refractivity (Wildman–Crippen MR) is 87.1 cm³/mol. The zero-order valence-corrected chi connectivity index (χ0v) is 13.2. The highest BCUT2D eigenvalue weighted by atomic mass is 35.5. The number of halogens is 1. The van der Waals surface area contributed by atoms with Gasteiger partial charge in [0.05, 0.1) is 13.3 Å². The molecule has 21 heavy (non-hydrogen) atoms. The van der Waals surface area contributed by atoms with Crippen molar-refractivity contribution in [1.82, 2.24) is 4.98 Å². The molecule has 1 unspecified atom stereocenters. The molecule has 1 amide bonds. The van der Waals surface area contributed by atoms with Gasteiger partial charge in [-0.05, 0) is 24.0 Å². The summed E-state index contributed by atoms with van der Waals surface area (Å²) in [5.74, 6) is 0.431. The quantitative estimate of drug-likeness (QED) is 0.910. The first-order chi connectivity index (χ1) is 10.2. The summed E-state index contributed by atoms with van der Waals surface area (Å²) in [6.45, 7) is 0. The second-order valence-corrected chi connectivity index (χ2v) is 5.62. The van der Waals surface area contributed by atoms with Crippen LogP contribution in [-0.4, -0.2) is 24.3 Å². The normalized spacial score (nSPS) is 11.8. The van der Waals surface area contributed by atoms with Gasteiger partial charge in [0, 0.05) is 17.3 Å². The van der Waals surface area contributed by atoms with Crippen LogP contribution in [0.3, 0.4) is 0 Å². The Morgan fingerprint density at radius 3 is 2.90 bits per heavy atom. The summed E-state index contributed by atoms with van der Waals surface area (Å²) in [5.41, 5.74) is 1.40. The van der Waals surface area contributed by atoms with Gasteiger partial charge in [0.2, 0.25) is 5.91 Å². The number of aromatic nitrogens is 1. The molecule has 1 atom stereocenters. The molecular formula is C15H15ClN2O2S. The summed E-state index contributed by atoms with van der Waals surface area (Å²) in [4.78, 5) is 16.5. The number of ether oxygens (including phenoxy) is 1. The van der Waals surface area contributed by atoms with Crippen LogP contribution >= 0.6 is 23.4 Å². The number of amides is 1. The van der Waals surface area contributed by atoms with Crippen molar-refractivity contribution in [1.29, 1.82) is 0 Å². The van der Waals surface area contributed by atoms with Crippen molar-refractivity contribution in [3.63, 3.8) is 0 Å². The molecule has 6 heteroatoms. The van der Waals surface area contributed by atoms with Crippen LogP contribution in [0.5, 0.6) is 5.75 Å². The van der Waals surface area contributed by atoms with Crippen molar-refractivity contribution >= 4 is 35.0 Å². The van der Waals surface area contributed by atoms with Gasteiger partial charge in [0.15, 0.2) is 0 Å². The van der Waals surface area contributed by atoms with Crippen molar-refractivity contribution < 1.29 is 9.53 Å². The monoisotopic (exact) mass is 322 g/mol. The summed E-state index contributed by atoms with van der Waals surface area (Å²) in [7, 11) is 1.55. The molecule has 0 aliphatic rings. The number of carbonyl (C=O) groups excluding carboxylic acids is 1. The molecule has 0 spiro atoms. The highest BCUT2D eigenvalue weighted by Gasteiger charge is 2.21. The summed E-state index contributed by atoms with van der Waals surface area (Å²) in [5, 5.41) is 3.10. The Kier molecular flexibility index (Phi) is 5.47.